The number of piperidine rings is 1. The molecule has 3 heteroatoms. The van der Waals surface area contributed by atoms with Gasteiger partial charge in [0.05, 0.1) is 6.26 Å². The zero-order valence-corrected chi connectivity index (χ0v) is 12.7. The minimum absolute atomic E-state index is 0.527. The zero-order valence-electron chi connectivity index (χ0n) is 12.7. The second-order valence-electron chi connectivity index (χ2n) is 6.58. The molecule has 112 valence electrons. The maximum absolute atomic E-state index is 5.55. The van der Waals surface area contributed by atoms with Crippen molar-refractivity contribution in [2.75, 3.05) is 26.2 Å². The summed E-state index contributed by atoms with van der Waals surface area (Å²) >= 11 is 0. The van der Waals surface area contributed by atoms with Gasteiger partial charge in [0.1, 0.15) is 5.76 Å². The molecule has 0 amide bonds. The Morgan fingerprint density at radius 3 is 3.00 bits per heavy atom. The van der Waals surface area contributed by atoms with Crippen molar-refractivity contribution in [3.05, 3.63) is 23.7 Å². The number of nitrogens with zero attached hydrogens (tertiary/aromatic N) is 1. The van der Waals surface area contributed by atoms with E-state index in [1.54, 1.807) is 0 Å². The Morgan fingerprint density at radius 1 is 1.30 bits per heavy atom. The van der Waals surface area contributed by atoms with Crippen molar-refractivity contribution < 1.29 is 4.42 Å². The van der Waals surface area contributed by atoms with Crippen molar-refractivity contribution in [2.24, 2.45) is 5.92 Å². The molecule has 2 heterocycles. The fourth-order valence-electron chi connectivity index (χ4n) is 3.56. The highest BCUT2D eigenvalue weighted by atomic mass is 16.3. The molecule has 1 aromatic heterocycles. The topological polar surface area (TPSA) is 28.4 Å². The number of nitrogens with one attached hydrogen (secondary N) is 1. The lowest BCUT2D eigenvalue weighted by atomic mass is 9.93. The van der Waals surface area contributed by atoms with Gasteiger partial charge < -0.3 is 14.6 Å². The van der Waals surface area contributed by atoms with Gasteiger partial charge in [-0.25, -0.2) is 0 Å². The van der Waals surface area contributed by atoms with Gasteiger partial charge in [0.15, 0.2) is 0 Å². The first-order valence-corrected chi connectivity index (χ1v) is 8.35. The number of fused-ring (bicyclic) bond motifs is 1. The highest BCUT2D eigenvalue weighted by Crippen LogP contribution is 2.30. The Morgan fingerprint density at radius 2 is 2.15 bits per heavy atom. The summed E-state index contributed by atoms with van der Waals surface area (Å²) in [5, 5.41) is 3.73. The summed E-state index contributed by atoms with van der Waals surface area (Å²) in [7, 11) is 0. The summed E-state index contributed by atoms with van der Waals surface area (Å²) < 4.78 is 5.55. The highest BCUT2D eigenvalue weighted by Gasteiger charge is 2.22. The number of furan rings is 1. The van der Waals surface area contributed by atoms with E-state index >= 15 is 0 Å². The van der Waals surface area contributed by atoms with Crippen LogP contribution in [0.1, 0.15) is 56.4 Å². The molecule has 3 rings (SSSR count). The lowest BCUT2D eigenvalue weighted by molar-refractivity contribution is 0.189. The quantitative estimate of drug-likeness (QED) is 0.836. The predicted octanol–water partition coefficient (Wildman–Crippen LogP) is 3.37. The summed E-state index contributed by atoms with van der Waals surface area (Å²) in [6.45, 7) is 7.36. The first kappa shape index (κ1) is 14.2. The third-order valence-electron chi connectivity index (χ3n) is 4.97. The van der Waals surface area contributed by atoms with Crippen LogP contribution in [0.25, 0.3) is 0 Å². The van der Waals surface area contributed by atoms with Crippen LogP contribution < -0.4 is 5.32 Å². The third kappa shape index (κ3) is 3.44. The Kier molecular flexibility index (Phi) is 4.79. The van der Waals surface area contributed by atoms with Gasteiger partial charge in [-0.2, -0.15) is 0 Å². The minimum atomic E-state index is 0.527. The highest BCUT2D eigenvalue weighted by molar-refractivity contribution is 5.23. The second-order valence-corrected chi connectivity index (χ2v) is 6.58. The maximum atomic E-state index is 5.55. The Bertz CT molecular complexity index is 407. The predicted molar refractivity (Wildman–Crippen MR) is 81.8 cm³/mol. The fourth-order valence-corrected chi connectivity index (χ4v) is 3.56. The van der Waals surface area contributed by atoms with Crippen molar-refractivity contribution in [1.29, 1.82) is 0 Å². The van der Waals surface area contributed by atoms with Crippen LogP contribution in [0.15, 0.2) is 16.7 Å². The van der Waals surface area contributed by atoms with Crippen LogP contribution in [0, 0.1) is 5.92 Å². The van der Waals surface area contributed by atoms with E-state index in [2.05, 4.69) is 23.2 Å². The smallest absolute Gasteiger partial charge is 0.108 e. The molecule has 0 aromatic carbocycles. The van der Waals surface area contributed by atoms with E-state index in [4.69, 9.17) is 4.42 Å². The molecule has 1 atom stereocenters. The van der Waals surface area contributed by atoms with E-state index in [1.165, 1.54) is 63.1 Å². The van der Waals surface area contributed by atoms with Crippen LogP contribution in [-0.2, 0) is 6.42 Å². The van der Waals surface area contributed by atoms with Crippen LogP contribution in [0.5, 0.6) is 0 Å². The molecule has 2 aliphatic rings. The van der Waals surface area contributed by atoms with Crippen LogP contribution in [0.4, 0.5) is 0 Å². The first-order valence-electron chi connectivity index (χ1n) is 8.35. The molecule has 1 fully saturated rings. The van der Waals surface area contributed by atoms with Crippen LogP contribution in [-0.4, -0.2) is 31.1 Å². The average Bonchev–Trinajstić information content (AvgIpc) is 2.94. The van der Waals surface area contributed by atoms with Gasteiger partial charge >= 0.3 is 0 Å². The molecule has 1 aliphatic carbocycles. The first-order chi connectivity index (χ1) is 9.83. The van der Waals surface area contributed by atoms with Crippen molar-refractivity contribution in [3.8, 4) is 0 Å². The summed E-state index contributed by atoms with van der Waals surface area (Å²) in [4.78, 5) is 2.63. The Hall–Kier alpha value is -0.800. The monoisotopic (exact) mass is 276 g/mol. The number of likely N-dealkylation sites (tertiary alicyclic amines) is 1. The van der Waals surface area contributed by atoms with E-state index in [0.29, 0.717) is 6.04 Å². The largest absolute Gasteiger partial charge is 0.469 e. The standard InChI is InChI=1S/C17H28N2O/c1-14-6-11-19(12-7-14)10-3-9-18-16-4-2-5-17-15(16)8-13-20-17/h8,13-14,16,18H,2-7,9-12H2,1H3. The summed E-state index contributed by atoms with van der Waals surface area (Å²) in [5.41, 5.74) is 1.41. The van der Waals surface area contributed by atoms with Gasteiger partial charge in [-0.3, -0.25) is 0 Å². The van der Waals surface area contributed by atoms with Crippen molar-refractivity contribution in [1.82, 2.24) is 10.2 Å². The molecule has 1 aliphatic heterocycles. The number of aryl methyl sites for hydroxylation is 1. The fraction of sp³-hybridized carbons (Fsp3) is 0.765. The van der Waals surface area contributed by atoms with Crippen molar-refractivity contribution in [2.45, 2.75) is 51.5 Å². The molecule has 0 bridgehead atoms. The molecular formula is C17H28N2O. The van der Waals surface area contributed by atoms with Gasteiger partial charge in [-0.1, -0.05) is 6.92 Å². The van der Waals surface area contributed by atoms with Gasteiger partial charge in [0.25, 0.3) is 0 Å². The van der Waals surface area contributed by atoms with E-state index < -0.39 is 0 Å². The van der Waals surface area contributed by atoms with Crippen LogP contribution in [0.2, 0.25) is 0 Å². The molecule has 1 N–H and O–H groups in total. The summed E-state index contributed by atoms with van der Waals surface area (Å²) in [6.07, 6.45) is 9.50. The number of hydrogen-bond donors (Lipinski definition) is 1. The van der Waals surface area contributed by atoms with Crippen LogP contribution >= 0.6 is 0 Å². The molecule has 0 radical (unpaired) electrons. The molecule has 1 aromatic rings. The van der Waals surface area contributed by atoms with Gasteiger partial charge in [-0.15, -0.1) is 0 Å². The molecule has 1 saturated heterocycles. The third-order valence-corrected chi connectivity index (χ3v) is 4.97. The lowest BCUT2D eigenvalue weighted by Crippen LogP contribution is -2.35. The normalized spacial score (nSPS) is 24.8. The van der Waals surface area contributed by atoms with E-state index in [-0.39, 0.29) is 0 Å². The van der Waals surface area contributed by atoms with Crippen LogP contribution in [0.3, 0.4) is 0 Å². The van der Waals surface area contributed by atoms with Gasteiger partial charge in [0.2, 0.25) is 0 Å². The van der Waals surface area contributed by atoms with Gasteiger partial charge in [-0.05, 0) is 70.3 Å². The van der Waals surface area contributed by atoms with E-state index in [9.17, 15) is 0 Å². The maximum Gasteiger partial charge on any atom is 0.108 e. The second kappa shape index (κ2) is 6.77. The number of rotatable bonds is 5. The minimum Gasteiger partial charge on any atom is -0.469 e. The number of hydrogen-bond acceptors (Lipinski definition) is 3. The van der Waals surface area contributed by atoms with Crippen molar-refractivity contribution in [3.63, 3.8) is 0 Å². The molecular weight excluding hydrogens is 248 g/mol. The van der Waals surface area contributed by atoms with E-state index in [0.717, 1.165) is 18.9 Å². The molecule has 0 saturated carbocycles. The Balaban J connectivity index is 1.37. The zero-order chi connectivity index (χ0) is 13.8. The lowest BCUT2D eigenvalue weighted by Gasteiger charge is -2.30. The van der Waals surface area contributed by atoms with Crippen molar-refractivity contribution >= 4 is 0 Å². The molecule has 20 heavy (non-hydrogen) atoms. The Labute approximate surface area is 122 Å². The molecule has 0 spiro atoms. The summed E-state index contributed by atoms with van der Waals surface area (Å²) in [6, 6.07) is 2.68. The van der Waals surface area contributed by atoms with Gasteiger partial charge in [0, 0.05) is 18.0 Å². The van der Waals surface area contributed by atoms with E-state index in [1.807, 2.05) is 6.26 Å². The average molecular weight is 276 g/mol. The summed E-state index contributed by atoms with van der Waals surface area (Å²) in [5.74, 6) is 2.14. The SMILES string of the molecule is CC1CCN(CCCNC2CCCc3occc32)CC1. The molecule has 1 unspecified atom stereocenters. The molecule has 3 nitrogen and oxygen atoms in total.